The molecule has 0 heterocycles. The summed E-state index contributed by atoms with van der Waals surface area (Å²) >= 11 is 0. The Morgan fingerprint density at radius 3 is 2.00 bits per heavy atom. The molecule has 1 N–H and O–H groups in total. The lowest BCUT2D eigenvalue weighted by atomic mass is 9.59. The van der Waals surface area contributed by atoms with Gasteiger partial charge in [0.2, 0.25) is 0 Å². The molecule has 0 rings (SSSR count). The average molecular weight is 282 g/mol. The fourth-order valence-electron chi connectivity index (χ4n) is 2.80. The third-order valence-electron chi connectivity index (χ3n) is 4.84. The molecule has 0 fully saturated rings. The standard InChI is InChI=1S/C18H34O2/c1-9-18(8,12-10-11-14(2)3)17(6,7)13-16(4,5)15(19)20/h10,12,14H,9,11,13H2,1-8H3,(H,19,20)/b12-10-. The van der Waals surface area contributed by atoms with Gasteiger partial charge in [0.25, 0.3) is 0 Å². The summed E-state index contributed by atoms with van der Waals surface area (Å²) in [5.74, 6) is -0.0545. The maximum absolute atomic E-state index is 11.4. The van der Waals surface area contributed by atoms with Crippen LogP contribution in [0.3, 0.4) is 0 Å². The SMILES string of the molecule is CCC(C)(/C=C\CC(C)C)C(C)(C)CC(C)(C)C(=O)O. The van der Waals surface area contributed by atoms with Crippen molar-refractivity contribution in [3.63, 3.8) is 0 Å². The molecular weight excluding hydrogens is 248 g/mol. The summed E-state index contributed by atoms with van der Waals surface area (Å²) in [7, 11) is 0. The van der Waals surface area contributed by atoms with Gasteiger partial charge in [-0.2, -0.15) is 0 Å². The molecule has 0 aromatic carbocycles. The molecule has 2 heteroatoms. The smallest absolute Gasteiger partial charge is 0.309 e. The van der Waals surface area contributed by atoms with Gasteiger partial charge in [0.1, 0.15) is 0 Å². The number of allylic oxidation sites excluding steroid dienone is 2. The van der Waals surface area contributed by atoms with Crippen LogP contribution in [0.2, 0.25) is 0 Å². The fourth-order valence-corrected chi connectivity index (χ4v) is 2.80. The van der Waals surface area contributed by atoms with E-state index in [1.54, 1.807) is 0 Å². The van der Waals surface area contributed by atoms with Crippen LogP contribution in [0.25, 0.3) is 0 Å². The van der Waals surface area contributed by atoms with E-state index in [4.69, 9.17) is 0 Å². The van der Waals surface area contributed by atoms with E-state index in [2.05, 4.69) is 53.7 Å². The minimum Gasteiger partial charge on any atom is -0.481 e. The van der Waals surface area contributed by atoms with Gasteiger partial charge in [0, 0.05) is 0 Å². The van der Waals surface area contributed by atoms with Crippen LogP contribution in [0.4, 0.5) is 0 Å². The first kappa shape index (κ1) is 19.2. The summed E-state index contributed by atoms with van der Waals surface area (Å²) in [6.07, 6.45) is 7.35. The van der Waals surface area contributed by atoms with Crippen LogP contribution in [0.15, 0.2) is 12.2 Å². The highest BCUT2D eigenvalue weighted by Gasteiger charge is 2.43. The molecule has 1 atom stereocenters. The van der Waals surface area contributed by atoms with E-state index in [9.17, 15) is 9.90 Å². The number of hydrogen-bond donors (Lipinski definition) is 1. The zero-order valence-electron chi connectivity index (χ0n) is 14.7. The first-order valence-electron chi connectivity index (χ1n) is 7.79. The molecule has 0 radical (unpaired) electrons. The Morgan fingerprint density at radius 1 is 1.15 bits per heavy atom. The third kappa shape index (κ3) is 4.96. The van der Waals surface area contributed by atoms with Crippen molar-refractivity contribution < 1.29 is 9.90 Å². The molecule has 118 valence electrons. The Balaban J connectivity index is 5.19. The normalized spacial score (nSPS) is 16.6. The van der Waals surface area contributed by atoms with Gasteiger partial charge < -0.3 is 5.11 Å². The Labute approximate surface area is 125 Å². The van der Waals surface area contributed by atoms with E-state index in [0.717, 1.165) is 12.8 Å². The molecule has 0 bridgehead atoms. The summed E-state index contributed by atoms with van der Waals surface area (Å²) in [5.41, 5.74) is -0.725. The number of carboxylic acids is 1. The van der Waals surface area contributed by atoms with Crippen LogP contribution < -0.4 is 0 Å². The van der Waals surface area contributed by atoms with Crippen LogP contribution in [0.5, 0.6) is 0 Å². The van der Waals surface area contributed by atoms with E-state index in [1.807, 2.05) is 13.8 Å². The predicted molar refractivity (Wildman–Crippen MR) is 86.8 cm³/mol. The first-order chi connectivity index (χ1) is 8.88. The van der Waals surface area contributed by atoms with Gasteiger partial charge in [-0.05, 0) is 49.9 Å². The van der Waals surface area contributed by atoms with Gasteiger partial charge in [-0.1, -0.05) is 53.7 Å². The van der Waals surface area contributed by atoms with Crippen LogP contribution >= 0.6 is 0 Å². The summed E-state index contributed by atoms with van der Waals surface area (Å²) in [5, 5.41) is 9.37. The molecule has 0 aromatic heterocycles. The number of hydrogen-bond acceptors (Lipinski definition) is 1. The van der Waals surface area contributed by atoms with Crippen molar-refractivity contribution >= 4 is 5.97 Å². The third-order valence-corrected chi connectivity index (χ3v) is 4.84. The summed E-state index contributed by atoms with van der Waals surface area (Å²) in [6, 6.07) is 0. The maximum atomic E-state index is 11.4. The second-order valence-corrected chi connectivity index (χ2v) is 8.05. The summed E-state index contributed by atoms with van der Waals surface area (Å²) < 4.78 is 0. The minimum atomic E-state index is -0.713. The first-order valence-corrected chi connectivity index (χ1v) is 7.79. The molecule has 0 aliphatic rings. The molecule has 0 saturated carbocycles. The van der Waals surface area contributed by atoms with Gasteiger partial charge in [-0.3, -0.25) is 4.79 Å². The van der Waals surface area contributed by atoms with Crippen LogP contribution in [-0.2, 0) is 4.79 Å². The van der Waals surface area contributed by atoms with Crippen LogP contribution in [-0.4, -0.2) is 11.1 Å². The highest BCUT2D eigenvalue weighted by molar-refractivity contribution is 5.73. The Kier molecular flexibility index (Phi) is 6.51. The van der Waals surface area contributed by atoms with Crippen molar-refractivity contribution in [3.8, 4) is 0 Å². The lowest BCUT2D eigenvalue weighted by molar-refractivity contribution is -0.149. The average Bonchev–Trinajstić information content (AvgIpc) is 2.26. The van der Waals surface area contributed by atoms with Crippen molar-refractivity contribution in [2.45, 2.75) is 74.7 Å². The Bertz CT molecular complexity index is 350. The maximum Gasteiger partial charge on any atom is 0.309 e. The zero-order chi connectivity index (χ0) is 16.2. The van der Waals surface area contributed by atoms with E-state index in [-0.39, 0.29) is 10.8 Å². The molecule has 2 nitrogen and oxygen atoms in total. The Morgan fingerprint density at radius 2 is 1.65 bits per heavy atom. The van der Waals surface area contributed by atoms with Crippen molar-refractivity contribution in [1.29, 1.82) is 0 Å². The number of aliphatic carboxylic acids is 1. The van der Waals surface area contributed by atoms with Gasteiger partial charge >= 0.3 is 5.97 Å². The van der Waals surface area contributed by atoms with Gasteiger partial charge in [-0.15, -0.1) is 0 Å². The van der Waals surface area contributed by atoms with Gasteiger partial charge in [0.05, 0.1) is 5.41 Å². The summed E-state index contributed by atoms with van der Waals surface area (Å²) in [6.45, 7) is 16.9. The molecule has 1 unspecified atom stereocenters. The van der Waals surface area contributed by atoms with Crippen LogP contribution in [0, 0.1) is 22.2 Å². The molecule has 0 spiro atoms. The van der Waals surface area contributed by atoms with E-state index in [1.165, 1.54) is 0 Å². The number of carbonyl (C=O) groups is 1. The van der Waals surface area contributed by atoms with Crippen molar-refractivity contribution in [2.24, 2.45) is 22.2 Å². The molecule has 0 aliphatic heterocycles. The number of carboxylic acid groups (broad SMARTS) is 1. The minimum absolute atomic E-state index is 0.0224. The molecule has 0 aromatic rings. The van der Waals surface area contributed by atoms with E-state index >= 15 is 0 Å². The zero-order valence-corrected chi connectivity index (χ0v) is 14.7. The predicted octanol–water partition coefficient (Wildman–Crippen LogP) is 5.53. The van der Waals surface area contributed by atoms with Crippen molar-refractivity contribution in [1.82, 2.24) is 0 Å². The monoisotopic (exact) mass is 282 g/mol. The highest BCUT2D eigenvalue weighted by Crippen LogP contribution is 2.49. The summed E-state index contributed by atoms with van der Waals surface area (Å²) in [4.78, 5) is 11.4. The highest BCUT2D eigenvalue weighted by atomic mass is 16.4. The molecule has 0 aliphatic carbocycles. The largest absolute Gasteiger partial charge is 0.481 e. The molecule has 20 heavy (non-hydrogen) atoms. The second kappa shape index (κ2) is 6.78. The van der Waals surface area contributed by atoms with Crippen LogP contribution in [0.1, 0.15) is 74.7 Å². The van der Waals surface area contributed by atoms with Gasteiger partial charge in [-0.25, -0.2) is 0 Å². The van der Waals surface area contributed by atoms with E-state index in [0.29, 0.717) is 12.3 Å². The van der Waals surface area contributed by atoms with Gasteiger partial charge in [0.15, 0.2) is 0 Å². The van der Waals surface area contributed by atoms with E-state index < -0.39 is 11.4 Å². The second-order valence-electron chi connectivity index (χ2n) is 8.05. The number of rotatable bonds is 8. The lowest BCUT2D eigenvalue weighted by Gasteiger charge is -2.45. The topological polar surface area (TPSA) is 37.3 Å². The molecular formula is C18H34O2. The molecule has 0 saturated heterocycles. The molecule has 0 amide bonds. The Hall–Kier alpha value is -0.790. The lowest BCUT2D eigenvalue weighted by Crippen LogP contribution is -2.39. The van der Waals surface area contributed by atoms with Crippen molar-refractivity contribution in [3.05, 3.63) is 12.2 Å². The quantitative estimate of drug-likeness (QED) is 0.594. The fraction of sp³-hybridized carbons (Fsp3) is 0.833. The van der Waals surface area contributed by atoms with Crippen molar-refractivity contribution in [2.75, 3.05) is 0 Å².